The first kappa shape index (κ1) is 20.4. The summed E-state index contributed by atoms with van der Waals surface area (Å²) in [4.78, 5) is 12.8. The van der Waals surface area contributed by atoms with Gasteiger partial charge in [0.05, 0.1) is 19.9 Å². The Bertz CT molecular complexity index is 1190. The first-order valence-electron chi connectivity index (χ1n) is 9.33. The standard InChI is InChI=1S/C21H20ClN7O2/c1-12-8-17(30-2)18(31-3)9-15(12)25-20-23-11-24-21(27-20)26-19-10-16(28-29-19)13-4-6-14(22)7-5-13/h4-11H,1-3H3,(H3,23,24,25,26,27,28,29). The fourth-order valence-corrected chi connectivity index (χ4v) is 3.06. The minimum absolute atomic E-state index is 0.352. The summed E-state index contributed by atoms with van der Waals surface area (Å²) in [6, 6.07) is 13.0. The van der Waals surface area contributed by atoms with Crippen LogP contribution in [0.2, 0.25) is 5.02 Å². The van der Waals surface area contributed by atoms with E-state index in [4.69, 9.17) is 21.1 Å². The van der Waals surface area contributed by atoms with Crippen molar-refractivity contribution in [3.05, 3.63) is 59.4 Å². The summed E-state index contributed by atoms with van der Waals surface area (Å²) in [5, 5.41) is 14.2. The maximum absolute atomic E-state index is 5.95. The number of H-pyrrole nitrogens is 1. The van der Waals surface area contributed by atoms with Gasteiger partial charge in [-0.2, -0.15) is 10.1 Å². The summed E-state index contributed by atoms with van der Waals surface area (Å²) in [6.45, 7) is 1.95. The van der Waals surface area contributed by atoms with Crippen LogP contribution in [0.5, 0.6) is 11.5 Å². The van der Waals surface area contributed by atoms with Crippen molar-refractivity contribution in [1.29, 1.82) is 0 Å². The number of rotatable bonds is 7. The molecule has 0 aliphatic rings. The highest BCUT2D eigenvalue weighted by Crippen LogP contribution is 2.33. The molecule has 4 aromatic rings. The maximum Gasteiger partial charge on any atom is 0.233 e. The Labute approximate surface area is 183 Å². The molecule has 0 radical (unpaired) electrons. The SMILES string of the molecule is COc1cc(C)c(Nc2ncnc(Nc3cc(-c4ccc(Cl)cc4)[nH]n3)n2)cc1OC. The van der Waals surface area contributed by atoms with Gasteiger partial charge in [-0.25, -0.2) is 9.97 Å². The average Bonchev–Trinajstić information content (AvgIpc) is 3.24. The van der Waals surface area contributed by atoms with Gasteiger partial charge in [-0.15, -0.1) is 0 Å². The van der Waals surface area contributed by atoms with Crippen molar-refractivity contribution >= 4 is 35.0 Å². The summed E-state index contributed by atoms with van der Waals surface area (Å²) in [5.74, 6) is 2.56. The molecule has 0 atom stereocenters. The molecule has 0 spiro atoms. The first-order chi connectivity index (χ1) is 15.1. The van der Waals surface area contributed by atoms with E-state index < -0.39 is 0 Å². The lowest BCUT2D eigenvalue weighted by molar-refractivity contribution is 0.355. The lowest BCUT2D eigenvalue weighted by Crippen LogP contribution is -2.04. The average molecular weight is 438 g/mol. The number of anilines is 4. The molecule has 0 aliphatic carbocycles. The second-order valence-corrected chi connectivity index (χ2v) is 7.01. The van der Waals surface area contributed by atoms with E-state index in [2.05, 4.69) is 35.8 Å². The van der Waals surface area contributed by atoms with Crippen LogP contribution < -0.4 is 20.1 Å². The third-order valence-corrected chi connectivity index (χ3v) is 4.77. The minimum atomic E-state index is 0.352. The van der Waals surface area contributed by atoms with Crippen LogP contribution in [0.3, 0.4) is 0 Å². The van der Waals surface area contributed by atoms with Crippen molar-refractivity contribution < 1.29 is 9.47 Å². The van der Waals surface area contributed by atoms with Crippen molar-refractivity contribution in [2.45, 2.75) is 6.92 Å². The summed E-state index contributed by atoms with van der Waals surface area (Å²) >= 11 is 5.95. The molecule has 2 heterocycles. The Kier molecular flexibility index (Phi) is 5.85. The summed E-state index contributed by atoms with van der Waals surface area (Å²) < 4.78 is 10.7. The van der Waals surface area contributed by atoms with Gasteiger partial charge in [0.2, 0.25) is 11.9 Å². The second kappa shape index (κ2) is 8.88. The lowest BCUT2D eigenvalue weighted by Gasteiger charge is -2.13. The van der Waals surface area contributed by atoms with Crippen molar-refractivity contribution in [3.63, 3.8) is 0 Å². The Morgan fingerprint density at radius 3 is 2.29 bits per heavy atom. The number of aromatic nitrogens is 5. The molecule has 9 nitrogen and oxygen atoms in total. The highest BCUT2D eigenvalue weighted by Gasteiger charge is 2.11. The molecule has 0 fully saturated rings. The molecule has 0 aliphatic heterocycles. The van der Waals surface area contributed by atoms with Crippen molar-refractivity contribution in [1.82, 2.24) is 25.1 Å². The molecule has 3 N–H and O–H groups in total. The molecule has 158 valence electrons. The number of halogens is 1. The molecule has 4 rings (SSSR count). The molecule has 10 heteroatoms. The number of aromatic amines is 1. The number of hydrogen-bond donors (Lipinski definition) is 3. The van der Waals surface area contributed by atoms with Crippen molar-refractivity contribution in [3.8, 4) is 22.8 Å². The molecule has 0 bridgehead atoms. The minimum Gasteiger partial charge on any atom is -0.493 e. The predicted molar refractivity (Wildman–Crippen MR) is 120 cm³/mol. The maximum atomic E-state index is 5.95. The summed E-state index contributed by atoms with van der Waals surface area (Å²) in [6.07, 6.45) is 1.42. The number of nitrogens with zero attached hydrogens (tertiary/aromatic N) is 4. The molecular weight excluding hydrogens is 418 g/mol. The molecule has 0 amide bonds. The molecule has 0 saturated heterocycles. The Morgan fingerprint density at radius 1 is 0.903 bits per heavy atom. The van der Waals surface area contributed by atoms with Gasteiger partial charge >= 0.3 is 0 Å². The molecule has 0 unspecified atom stereocenters. The van der Waals surface area contributed by atoms with Crippen LogP contribution in [0.25, 0.3) is 11.3 Å². The van der Waals surface area contributed by atoms with Crippen LogP contribution in [-0.2, 0) is 0 Å². The van der Waals surface area contributed by atoms with Crippen LogP contribution in [0.15, 0.2) is 48.8 Å². The van der Waals surface area contributed by atoms with Gasteiger partial charge in [0.15, 0.2) is 17.3 Å². The molecule has 2 aromatic carbocycles. The number of methoxy groups -OCH3 is 2. The van der Waals surface area contributed by atoms with Crippen LogP contribution in [0, 0.1) is 6.92 Å². The zero-order valence-corrected chi connectivity index (χ0v) is 17.9. The third-order valence-electron chi connectivity index (χ3n) is 4.52. The van der Waals surface area contributed by atoms with Gasteiger partial charge in [0.1, 0.15) is 6.33 Å². The van der Waals surface area contributed by atoms with Crippen LogP contribution in [-0.4, -0.2) is 39.4 Å². The molecule has 0 saturated carbocycles. The van der Waals surface area contributed by atoms with Gasteiger partial charge in [-0.3, -0.25) is 5.10 Å². The predicted octanol–water partition coefficient (Wildman–Crippen LogP) is 4.73. The van der Waals surface area contributed by atoms with Gasteiger partial charge in [0, 0.05) is 22.8 Å². The van der Waals surface area contributed by atoms with E-state index in [0.717, 1.165) is 22.5 Å². The van der Waals surface area contributed by atoms with E-state index in [9.17, 15) is 0 Å². The lowest BCUT2D eigenvalue weighted by atomic mass is 10.1. The number of ether oxygens (including phenoxy) is 2. The smallest absolute Gasteiger partial charge is 0.233 e. The zero-order valence-electron chi connectivity index (χ0n) is 17.1. The fourth-order valence-electron chi connectivity index (χ4n) is 2.93. The molecular formula is C21H20ClN7O2. The van der Waals surface area contributed by atoms with Crippen molar-refractivity contribution in [2.75, 3.05) is 24.9 Å². The van der Waals surface area contributed by atoms with E-state index in [0.29, 0.717) is 34.2 Å². The second-order valence-electron chi connectivity index (χ2n) is 6.58. The van der Waals surface area contributed by atoms with Gasteiger partial charge in [0.25, 0.3) is 0 Å². The largest absolute Gasteiger partial charge is 0.493 e. The van der Waals surface area contributed by atoms with E-state index in [1.54, 1.807) is 14.2 Å². The summed E-state index contributed by atoms with van der Waals surface area (Å²) in [7, 11) is 3.19. The van der Waals surface area contributed by atoms with Crippen molar-refractivity contribution in [2.24, 2.45) is 0 Å². The number of nitrogens with one attached hydrogen (secondary N) is 3. The Hall–Kier alpha value is -3.85. The Balaban J connectivity index is 1.51. The molecule has 31 heavy (non-hydrogen) atoms. The van der Waals surface area contributed by atoms with Crippen LogP contribution in [0.4, 0.5) is 23.4 Å². The zero-order chi connectivity index (χ0) is 21.8. The van der Waals surface area contributed by atoms with E-state index >= 15 is 0 Å². The normalized spacial score (nSPS) is 10.6. The topological polar surface area (TPSA) is 110 Å². The monoisotopic (exact) mass is 437 g/mol. The van der Waals surface area contributed by atoms with Gasteiger partial charge in [-0.1, -0.05) is 23.7 Å². The summed E-state index contributed by atoms with van der Waals surface area (Å²) in [5.41, 5.74) is 3.55. The quantitative estimate of drug-likeness (QED) is 0.380. The van der Waals surface area contributed by atoms with Gasteiger partial charge in [-0.05, 0) is 36.2 Å². The Morgan fingerprint density at radius 2 is 1.58 bits per heavy atom. The van der Waals surface area contributed by atoms with Crippen LogP contribution in [0.1, 0.15) is 5.56 Å². The third kappa shape index (κ3) is 4.67. The fraction of sp³-hybridized carbons (Fsp3) is 0.143. The van der Waals surface area contributed by atoms with E-state index in [1.807, 2.05) is 49.4 Å². The highest BCUT2D eigenvalue weighted by molar-refractivity contribution is 6.30. The highest BCUT2D eigenvalue weighted by atomic mass is 35.5. The number of aryl methyl sites for hydroxylation is 1. The van der Waals surface area contributed by atoms with Gasteiger partial charge < -0.3 is 20.1 Å². The van der Waals surface area contributed by atoms with E-state index in [1.165, 1.54) is 6.33 Å². The number of hydrogen-bond acceptors (Lipinski definition) is 8. The van der Waals surface area contributed by atoms with E-state index in [-0.39, 0.29) is 0 Å². The molecule has 2 aromatic heterocycles. The number of benzene rings is 2. The van der Waals surface area contributed by atoms with Crippen LogP contribution >= 0.6 is 11.6 Å². The first-order valence-corrected chi connectivity index (χ1v) is 9.70.